The molecule has 1 aliphatic rings. The number of carbonyl (C=O) groups excluding carboxylic acids is 1. The van der Waals surface area contributed by atoms with Crippen LogP contribution in [0.3, 0.4) is 0 Å². The zero-order valence-corrected chi connectivity index (χ0v) is 15.1. The summed E-state index contributed by atoms with van der Waals surface area (Å²) in [5, 5.41) is 2.94. The highest BCUT2D eigenvalue weighted by molar-refractivity contribution is 5.81. The van der Waals surface area contributed by atoms with Crippen molar-refractivity contribution in [1.29, 1.82) is 0 Å². The Labute approximate surface area is 154 Å². The molecule has 0 radical (unpaired) electrons. The fraction of sp³-hybridized carbons (Fsp3) is 0.500. The van der Waals surface area contributed by atoms with Crippen LogP contribution in [0.5, 0.6) is 0 Å². The van der Waals surface area contributed by atoms with Crippen LogP contribution < -0.4 is 11.1 Å². The van der Waals surface area contributed by atoms with Gasteiger partial charge in [-0.2, -0.15) is 0 Å². The molecule has 0 bridgehead atoms. The molecule has 1 amide bonds. The summed E-state index contributed by atoms with van der Waals surface area (Å²) in [4.78, 5) is 16.7. The molecule has 1 atom stereocenters. The largest absolute Gasteiger partial charge is 0.381 e. The summed E-state index contributed by atoms with van der Waals surface area (Å²) < 4.78 is 7.43. The van der Waals surface area contributed by atoms with Gasteiger partial charge in [0, 0.05) is 32.2 Å². The molecule has 6 heteroatoms. The molecular formula is C20H28N4O2. The molecule has 1 aromatic heterocycles. The SMILES string of the molecule is NC(C(=O)NCc1nccn1CCCc1ccccc1)C1CCOCC1. The fourth-order valence-electron chi connectivity index (χ4n) is 3.38. The van der Waals surface area contributed by atoms with Gasteiger partial charge in [0.15, 0.2) is 0 Å². The zero-order valence-electron chi connectivity index (χ0n) is 15.1. The van der Waals surface area contributed by atoms with Gasteiger partial charge in [0.1, 0.15) is 5.82 Å². The number of nitrogens with two attached hydrogens (primary N) is 1. The maximum Gasteiger partial charge on any atom is 0.237 e. The molecule has 1 aromatic carbocycles. The molecule has 3 rings (SSSR count). The third kappa shape index (κ3) is 5.16. The molecule has 3 N–H and O–H groups in total. The Kier molecular flexibility index (Phi) is 6.80. The highest BCUT2D eigenvalue weighted by Gasteiger charge is 2.26. The third-order valence-corrected chi connectivity index (χ3v) is 5.01. The van der Waals surface area contributed by atoms with E-state index in [1.165, 1.54) is 5.56 Å². The van der Waals surface area contributed by atoms with E-state index in [9.17, 15) is 4.79 Å². The monoisotopic (exact) mass is 356 g/mol. The number of aromatic nitrogens is 2. The quantitative estimate of drug-likeness (QED) is 0.757. The lowest BCUT2D eigenvalue weighted by Gasteiger charge is -2.26. The van der Waals surface area contributed by atoms with Crippen molar-refractivity contribution in [3.63, 3.8) is 0 Å². The second kappa shape index (κ2) is 9.50. The molecule has 0 saturated carbocycles. The van der Waals surface area contributed by atoms with Gasteiger partial charge in [-0.1, -0.05) is 30.3 Å². The number of carbonyl (C=O) groups is 1. The van der Waals surface area contributed by atoms with Crippen molar-refractivity contribution in [2.75, 3.05) is 13.2 Å². The second-order valence-electron chi connectivity index (χ2n) is 6.82. The Hall–Kier alpha value is -2.18. The Bertz CT molecular complexity index is 680. The van der Waals surface area contributed by atoms with E-state index in [1.54, 1.807) is 6.20 Å². The van der Waals surface area contributed by atoms with Crippen LogP contribution in [0.1, 0.15) is 30.7 Å². The Morgan fingerprint density at radius 1 is 1.31 bits per heavy atom. The minimum absolute atomic E-state index is 0.101. The van der Waals surface area contributed by atoms with Gasteiger partial charge in [0.05, 0.1) is 12.6 Å². The minimum Gasteiger partial charge on any atom is -0.381 e. The number of nitrogens with one attached hydrogen (secondary N) is 1. The molecule has 0 spiro atoms. The predicted octanol–water partition coefficient (Wildman–Crippen LogP) is 1.89. The Morgan fingerprint density at radius 3 is 2.85 bits per heavy atom. The number of aryl methyl sites for hydroxylation is 2. The lowest BCUT2D eigenvalue weighted by molar-refractivity contribution is -0.124. The summed E-state index contributed by atoms with van der Waals surface area (Å²) in [5.74, 6) is 0.968. The van der Waals surface area contributed by atoms with Crippen LogP contribution in [0.4, 0.5) is 0 Å². The molecule has 2 aromatic rings. The maximum absolute atomic E-state index is 12.3. The smallest absolute Gasteiger partial charge is 0.237 e. The van der Waals surface area contributed by atoms with E-state index >= 15 is 0 Å². The van der Waals surface area contributed by atoms with Crippen molar-refractivity contribution >= 4 is 5.91 Å². The number of rotatable bonds is 8. The molecule has 140 valence electrons. The molecule has 1 fully saturated rings. The summed E-state index contributed by atoms with van der Waals surface area (Å²) in [7, 11) is 0. The average molecular weight is 356 g/mol. The molecular weight excluding hydrogens is 328 g/mol. The van der Waals surface area contributed by atoms with Crippen LogP contribution in [0.2, 0.25) is 0 Å². The number of hydrogen-bond acceptors (Lipinski definition) is 4. The van der Waals surface area contributed by atoms with E-state index in [0.29, 0.717) is 19.8 Å². The van der Waals surface area contributed by atoms with Gasteiger partial charge in [-0.25, -0.2) is 4.98 Å². The molecule has 2 heterocycles. The Balaban J connectivity index is 1.45. The van der Waals surface area contributed by atoms with Crippen LogP contribution in [0.25, 0.3) is 0 Å². The third-order valence-electron chi connectivity index (χ3n) is 5.01. The lowest BCUT2D eigenvalue weighted by atomic mass is 9.92. The van der Waals surface area contributed by atoms with Crippen LogP contribution in [0, 0.1) is 5.92 Å². The first kappa shape index (κ1) is 18.6. The summed E-state index contributed by atoms with van der Waals surface area (Å²) in [6, 6.07) is 9.98. The molecule has 1 saturated heterocycles. The van der Waals surface area contributed by atoms with Crippen molar-refractivity contribution < 1.29 is 9.53 Å². The van der Waals surface area contributed by atoms with E-state index in [2.05, 4.69) is 39.1 Å². The van der Waals surface area contributed by atoms with Crippen molar-refractivity contribution in [2.24, 2.45) is 11.7 Å². The zero-order chi connectivity index (χ0) is 18.2. The highest BCUT2D eigenvalue weighted by Crippen LogP contribution is 2.17. The van der Waals surface area contributed by atoms with E-state index in [0.717, 1.165) is 38.1 Å². The minimum atomic E-state index is -0.472. The standard InChI is InChI=1S/C20H28N4O2/c21-19(17-8-13-26-14-9-17)20(25)23-15-18-22-10-12-24(18)11-4-7-16-5-2-1-3-6-16/h1-3,5-6,10,12,17,19H,4,7-9,11,13-15,21H2,(H,23,25). The van der Waals surface area contributed by atoms with Crippen molar-refractivity contribution in [3.8, 4) is 0 Å². The number of hydrogen-bond donors (Lipinski definition) is 2. The normalized spacial score (nSPS) is 16.3. The maximum atomic E-state index is 12.3. The average Bonchev–Trinajstić information content (AvgIpc) is 3.14. The number of benzene rings is 1. The molecule has 1 aliphatic heterocycles. The van der Waals surface area contributed by atoms with Crippen molar-refractivity contribution in [2.45, 2.75) is 44.8 Å². The van der Waals surface area contributed by atoms with Gasteiger partial charge < -0.3 is 20.4 Å². The van der Waals surface area contributed by atoms with E-state index in [1.807, 2.05) is 12.3 Å². The van der Waals surface area contributed by atoms with Gasteiger partial charge in [-0.15, -0.1) is 0 Å². The molecule has 26 heavy (non-hydrogen) atoms. The Morgan fingerprint density at radius 2 is 2.08 bits per heavy atom. The van der Waals surface area contributed by atoms with Crippen LogP contribution in [0.15, 0.2) is 42.7 Å². The van der Waals surface area contributed by atoms with Gasteiger partial charge in [-0.05, 0) is 37.2 Å². The van der Waals surface area contributed by atoms with Crippen LogP contribution >= 0.6 is 0 Å². The molecule has 6 nitrogen and oxygen atoms in total. The first-order valence-corrected chi connectivity index (χ1v) is 9.39. The van der Waals surface area contributed by atoms with E-state index in [-0.39, 0.29) is 11.8 Å². The summed E-state index contributed by atoms with van der Waals surface area (Å²) in [5.41, 5.74) is 7.46. The number of amides is 1. The number of nitrogens with zero attached hydrogens (tertiary/aromatic N) is 2. The topological polar surface area (TPSA) is 82.2 Å². The predicted molar refractivity (Wildman–Crippen MR) is 100 cm³/mol. The van der Waals surface area contributed by atoms with Gasteiger partial charge in [-0.3, -0.25) is 4.79 Å². The summed E-state index contributed by atoms with van der Waals surface area (Å²) in [6.45, 7) is 2.68. The van der Waals surface area contributed by atoms with Gasteiger partial charge in [0.2, 0.25) is 5.91 Å². The summed E-state index contributed by atoms with van der Waals surface area (Å²) >= 11 is 0. The molecule has 0 aliphatic carbocycles. The van der Waals surface area contributed by atoms with Crippen LogP contribution in [-0.2, 0) is 29.0 Å². The van der Waals surface area contributed by atoms with Crippen molar-refractivity contribution in [3.05, 3.63) is 54.1 Å². The molecule has 1 unspecified atom stereocenters. The lowest BCUT2D eigenvalue weighted by Crippen LogP contribution is -2.47. The van der Waals surface area contributed by atoms with E-state index < -0.39 is 6.04 Å². The first-order chi connectivity index (χ1) is 12.7. The number of ether oxygens (including phenoxy) is 1. The second-order valence-corrected chi connectivity index (χ2v) is 6.82. The summed E-state index contributed by atoms with van der Waals surface area (Å²) in [6.07, 6.45) is 7.50. The number of imidazole rings is 1. The van der Waals surface area contributed by atoms with Gasteiger partial charge >= 0.3 is 0 Å². The fourth-order valence-corrected chi connectivity index (χ4v) is 3.38. The van der Waals surface area contributed by atoms with Crippen LogP contribution in [-0.4, -0.2) is 34.7 Å². The van der Waals surface area contributed by atoms with E-state index in [4.69, 9.17) is 10.5 Å². The van der Waals surface area contributed by atoms with Gasteiger partial charge in [0.25, 0.3) is 0 Å². The van der Waals surface area contributed by atoms with Crippen molar-refractivity contribution in [1.82, 2.24) is 14.9 Å². The first-order valence-electron chi connectivity index (χ1n) is 9.39. The highest BCUT2D eigenvalue weighted by atomic mass is 16.5.